The van der Waals surface area contributed by atoms with Gasteiger partial charge in [0.25, 0.3) is 0 Å². The van der Waals surface area contributed by atoms with Gasteiger partial charge in [-0.05, 0) is 30.0 Å². The van der Waals surface area contributed by atoms with Crippen LogP contribution in [0.3, 0.4) is 0 Å². The third kappa shape index (κ3) is 3.94. The van der Waals surface area contributed by atoms with E-state index in [2.05, 4.69) is 5.32 Å². The van der Waals surface area contributed by atoms with E-state index in [-0.39, 0.29) is 11.5 Å². The monoisotopic (exact) mass is 239 g/mol. The van der Waals surface area contributed by atoms with Gasteiger partial charge < -0.3 is 10.4 Å². The Bertz CT molecular complexity index is 375. The maximum atomic E-state index is 11.3. The van der Waals surface area contributed by atoms with Crippen molar-refractivity contribution in [1.82, 2.24) is 0 Å². The van der Waals surface area contributed by atoms with Gasteiger partial charge in [0.1, 0.15) is 0 Å². The summed E-state index contributed by atoms with van der Waals surface area (Å²) < 4.78 is 0. The van der Waals surface area contributed by atoms with Crippen LogP contribution in [-0.2, 0) is 4.79 Å². The molecule has 0 unspecified atom stereocenters. The van der Waals surface area contributed by atoms with E-state index < -0.39 is 5.97 Å². The largest absolute Gasteiger partial charge is 0.478 e. The minimum Gasteiger partial charge on any atom is -0.478 e. The van der Waals surface area contributed by atoms with Crippen molar-refractivity contribution in [2.75, 3.05) is 16.8 Å². The number of carbonyl (C=O) groups is 2. The average Bonchev–Trinajstić information content (AvgIpc) is 2.27. The van der Waals surface area contributed by atoms with Crippen molar-refractivity contribution in [3.63, 3.8) is 0 Å². The highest BCUT2D eigenvalue weighted by molar-refractivity contribution is 7.99. The Balaban J connectivity index is 2.55. The average molecular weight is 239 g/mol. The van der Waals surface area contributed by atoms with Crippen molar-refractivity contribution in [3.8, 4) is 0 Å². The molecule has 86 valence electrons. The maximum Gasteiger partial charge on any atom is 0.335 e. The topological polar surface area (TPSA) is 66.4 Å². The Morgan fingerprint density at radius 3 is 2.44 bits per heavy atom. The predicted molar refractivity (Wildman–Crippen MR) is 65.0 cm³/mol. The lowest BCUT2D eigenvalue weighted by atomic mass is 10.2. The van der Waals surface area contributed by atoms with Gasteiger partial charge in [0.05, 0.1) is 11.3 Å². The zero-order valence-electron chi connectivity index (χ0n) is 8.90. The molecule has 0 spiro atoms. The number of benzene rings is 1. The first-order valence-electron chi connectivity index (χ1n) is 4.84. The van der Waals surface area contributed by atoms with Gasteiger partial charge in [-0.25, -0.2) is 4.79 Å². The Morgan fingerprint density at radius 2 is 1.94 bits per heavy atom. The zero-order valence-corrected chi connectivity index (χ0v) is 9.71. The van der Waals surface area contributed by atoms with Crippen molar-refractivity contribution < 1.29 is 14.7 Å². The highest BCUT2D eigenvalue weighted by atomic mass is 32.2. The SMILES string of the molecule is CCSCC(=O)Nc1ccc(C(=O)O)cc1. The van der Waals surface area contributed by atoms with Crippen LogP contribution >= 0.6 is 11.8 Å². The quantitative estimate of drug-likeness (QED) is 0.825. The van der Waals surface area contributed by atoms with Crippen molar-refractivity contribution >= 4 is 29.3 Å². The lowest BCUT2D eigenvalue weighted by Gasteiger charge is -2.04. The summed E-state index contributed by atoms with van der Waals surface area (Å²) in [4.78, 5) is 21.9. The Labute approximate surface area is 98.0 Å². The minimum atomic E-state index is -0.973. The van der Waals surface area contributed by atoms with E-state index in [9.17, 15) is 9.59 Å². The molecular weight excluding hydrogens is 226 g/mol. The van der Waals surface area contributed by atoms with Gasteiger partial charge in [-0.15, -0.1) is 0 Å². The summed E-state index contributed by atoms with van der Waals surface area (Å²) >= 11 is 1.54. The van der Waals surface area contributed by atoms with E-state index in [1.807, 2.05) is 6.92 Å². The first-order valence-corrected chi connectivity index (χ1v) is 6.00. The van der Waals surface area contributed by atoms with E-state index in [0.717, 1.165) is 5.75 Å². The molecule has 0 atom stereocenters. The molecule has 0 aliphatic carbocycles. The maximum absolute atomic E-state index is 11.3. The van der Waals surface area contributed by atoms with Crippen LogP contribution in [0.15, 0.2) is 24.3 Å². The second-order valence-electron chi connectivity index (χ2n) is 3.07. The van der Waals surface area contributed by atoms with Crippen LogP contribution in [0.4, 0.5) is 5.69 Å². The lowest BCUT2D eigenvalue weighted by molar-refractivity contribution is -0.113. The summed E-state index contributed by atoms with van der Waals surface area (Å²) in [6, 6.07) is 6.09. The smallest absolute Gasteiger partial charge is 0.335 e. The van der Waals surface area contributed by atoms with Gasteiger partial charge in [0.2, 0.25) is 5.91 Å². The van der Waals surface area contributed by atoms with Crippen LogP contribution in [0.25, 0.3) is 0 Å². The molecular formula is C11H13NO3S. The van der Waals surface area contributed by atoms with E-state index in [1.165, 1.54) is 23.9 Å². The first kappa shape index (κ1) is 12.6. The molecule has 0 saturated heterocycles. The molecule has 0 aliphatic rings. The Kier molecular flexibility index (Phi) is 4.85. The van der Waals surface area contributed by atoms with Crippen LogP contribution in [0.2, 0.25) is 0 Å². The molecule has 16 heavy (non-hydrogen) atoms. The standard InChI is InChI=1S/C11H13NO3S/c1-2-16-7-10(13)12-9-5-3-8(4-6-9)11(14)15/h3-6H,2,7H2,1H3,(H,12,13)(H,14,15). The number of amides is 1. The number of carbonyl (C=O) groups excluding carboxylic acids is 1. The van der Waals surface area contributed by atoms with E-state index in [0.29, 0.717) is 11.4 Å². The van der Waals surface area contributed by atoms with Crippen LogP contribution in [-0.4, -0.2) is 28.5 Å². The fourth-order valence-corrected chi connectivity index (χ4v) is 1.55. The number of nitrogens with one attached hydrogen (secondary N) is 1. The molecule has 4 nitrogen and oxygen atoms in total. The highest BCUT2D eigenvalue weighted by Crippen LogP contribution is 2.10. The van der Waals surface area contributed by atoms with Gasteiger partial charge >= 0.3 is 5.97 Å². The Hall–Kier alpha value is -1.49. The number of carboxylic acid groups (broad SMARTS) is 1. The number of hydrogen-bond acceptors (Lipinski definition) is 3. The first-order chi connectivity index (χ1) is 7.63. The molecule has 0 aromatic heterocycles. The molecule has 0 fully saturated rings. The normalized spacial score (nSPS) is 9.81. The predicted octanol–water partition coefficient (Wildman–Crippen LogP) is 2.08. The van der Waals surface area contributed by atoms with Crippen LogP contribution in [0, 0.1) is 0 Å². The molecule has 0 bridgehead atoms. The lowest BCUT2D eigenvalue weighted by Crippen LogP contribution is -2.14. The third-order valence-electron chi connectivity index (χ3n) is 1.85. The van der Waals surface area contributed by atoms with Crippen molar-refractivity contribution in [3.05, 3.63) is 29.8 Å². The summed E-state index contributed by atoms with van der Waals surface area (Å²) in [6.07, 6.45) is 0. The molecule has 0 saturated carbocycles. The fourth-order valence-electron chi connectivity index (χ4n) is 1.09. The number of aromatic carboxylic acids is 1. The van der Waals surface area contributed by atoms with E-state index in [4.69, 9.17) is 5.11 Å². The second kappa shape index (κ2) is 6.17. The number of carboxylic acids is 1. The molecule has 1 rings (SSSR count). The van der Waals surface area contributed by atoms with Gasteiger partial charge in [-0.1, -0.05) is 6.92 Å². The summed E-state index contributed by atoms with van der Waals surface area (Å²) in [5.74, 6) is 0.261. The van der Waals surface area contributed by atoms with Crippen molar-refractivity contribution in [1.29, 1.82) is 0 Å². The summed E-state index contributed by atoms with van der Waals surface area (Å²) in [6.45, 7) is 1.99. The molecule has 2 N–H and O–H groups in total. The highest BCUT2D eigenvalue weighted by Gasteiger charge is 2.04. The van der Waals surface area contributed by atoms with E-state index in [1.54, 1.807) is 12.1 Å². The molecule has 1 aromatic carbocycles. The minimum absolute atomic E-state index is 0.0741. The molecule has 0 radical (unpaired) electrons. The van der Waals surface area contributed by atoms with Gasteiger partial charge in [-0.3, -0.25) is 4.79 Å². The van der Waals surface area contributed by atoms with Crippen molar-refractivity contribution in [2.24, 2.45) is 0 Å². The molecule has 0 aliphatic heterocycles. The number of rotatable bonds is 5. The summed E-state index contributed by atoms with van der Waals surface area (Å²) in [7, 11) is 0. The van der Waals surface area contributed by atoms with E-state index >= 15 is 0 Å². The molecule has 0 heterocycles. The number of anilines is 1. The van der Waals surface area contributed by atoms with Gasteiger partial charge in [0, 0.05) is 5.69 Å². The van der Waals surface area contributed by atoms with Crippen LogP contribution in [0.5, 0.6) is 0 Å². The fraction of sp³-hybridized carbons (Fsp3) is 0.273. The van der Waals surface area contributed by atoms with Crippen molar-refractivity contribution in [2.45, 2.75) is 6.92 Å². The molecule has 1 aromatic rings. The number of thioether (sulfide) groups is 1. The zero-order chi connectivity index (χ0) is 12.0. The number of hydrogen-bond donors (Lipinski definition) is 2. The Morgan fingerprint density at radius 1 is 1.31 bits per heavy atom. The molecule has 5 heteroatoms. The second-order valence-corrected chi connectivity index (χ2v) is 4.34. The van der Waals surface area contributed by atoms with Gasteiger partial charge in [0.15, 0.2) is 0 Å². The van der Waals surface area contributed by atoms with Crippen LogP contribution in [0.1, 0.15) is 17.3 Å². The molecule has 1 amide bonds. The van der Waals surface area contributed by atoms with Crippen LogP contribution < -0.4 is 5.32 Å². The summed E-state index contributed by atoms with van der Waals surface area (Å²) in [5, 5.41) is 11.4. The summed E-state index contributed by atoms with van der Waals surface area (Å²) in [5.41, 5.74) is 0.827. The third-order valence-corrected chi connectivity index (χ3v) is 2.73. The van der Waals surface area contributed by atoms with Gasteiger partial charge in [-0.2, -0.15) is 11.8 Å².